The molecule has 0 spiro atoms. The molecule has 4 heterocycles. The van der Waals surface area contributed by atoms with Crippen molar-refractivity contribution in [2.24, 2.45) is 0 Å². The van der Waals surface area contributed by atoms with Gasteiger partial charge in [-0.05, 0) is 56.1 Å². The minimum atomic E-state index is 0.521. The zero-order chi connectivity index (χ0) is 19.3. The summed E-state index contributed by atoms with van der Waals surface area (Å²) in [6, 6.07) is 7.61. The van der Waals surface area contributed by atoms with Gasteiger partial charge in [0, 0.05) is 47.5 Å². The van der Waals surface area contributed by atoms with Crippen LogP contribution in [-0.2, 0) is 9.47 Å². The lowest BCUT2D eigenvalue weighted by Gasteiger charge is -2.27. The van der Waals surface area contributed by atoms with Crippen LogP contribution in [0.3, 0.4) is 0 Å². The van der Waals surface area contributed by atoms with Crippen molar-refractivity contribution in [3.8, 4) is 0 Å². The molecule has 148 valence electrons. The van der Waals surface area contributed by atoms with Crippen LogP contribution < -0.4 is 10.2 Å². The lowest BCUT2D eigenvalue weighted by Crippen LogP contribution is -2.36. The van der Waals surface area contributed by atoms with Crippen LogP contribution in [0.1, 0.15) is 0 Å². The Kier molecular flexibility index (Phi) is 11.2. The second-order valence-electron chi connectivity index (χ2n) is 5.60. The van der Waals surface area contributed by atoms with Crippen molar-refractivity contribution in [1.29, 1.82) is 0 Å². The predicted octanol–water partition coefficient (Wildman–Crippen LogP) is 3.78. The number of aromatic nitrogens is 2. The Morgan fingerprint density at radius 1 is 0.852 bits per heavy atom. The number of nitrogens with zero attached hydrogens (tertiary/aromatic N) is 3. The standard InChI is InChI=1S/C9H11BrN2O.C5H3BrClN.C4H9NO/c10-8-1-2-9(11-7-8)12-3-5-13-6-4-12;6-4-1-2-5(7)8-3-4;1-3-6-4-2-5-1/h1-2,7H,3-6H2;1-3H;5H,1-4H2. The molecule has 0 saturated carbocycles. The number of anilines is 1. The number of morpholine rings is 2. The molecular formula is C18H23Br2ClN4O2. The maximum Gasteiger partial charge on any atom is 0.129 e. The second-order valence-corrected chi connectivity index (χ2v) is 7.81. The number of halogens is 3. The number of nitrogens with one attached hydrogen (secondary N) is 1. The summed E-state index contributed by atoms with van der Waals surface area (Å²) in [6.07, 6.45) is 3.48. The molecule has 6 nitrogen and oxygen atoms in total. The van der Waals surface area contributed by atoms with Crippen LogP contribution in [0.25, 0.3) is 0 Å². The van der Waals surface area contributed by atoms with E-state index in [9.17, 15) is 0 Å². The third-order valence-electron chi connectivity index (χ3n) is 3.58. The molecule has 2 aliphatic rings. The van der Waals surface area contributed by atoms with Crippen LogP contribution in [0.2, 0.25) is 5.15 Å². The summed E-state index contributed by atoms with van der Waals surface area (Å²) in [5.74, 6) is 1.03. The van der Waals surface area contributed by atoms with Gasteiger partial charge in [-0.3, -0.25) is 0 Å². The highest BCUT2D eigenvalue weighted by Gasteiger charge is 2.11. The quantitative estimate of drug-likeness (QED) is 0.576. The summed E-state index contributed by atoms with van der Waals surface area (Å²) in [6.45, 7) is 7.32. The smallest absolute Gasteiger partial charge is 0.129 e. The first-order chi connectivity index (χ1) is 13.1. The number of rotatable bonds is 1. The van der Waals surface area contributed by atoms with Crippen LogP contribution in [0.5, 0.6) is 0 Å². The van der Waals surface area contributed by atoms with Gasteiger partial charge in [-0.2, -0.15) is 0 Å². The molecule has 0 radical (unpaired) electrons. The van der Waals surface area contributed by atoms with Crippen molar-refractivity contribution in [2.45, 2.75) is 0 Å². The van der Waals surface area contributed by atoms with Crippen LogP contribution in [0, 0.1) is 0 Å². The normalized spacial score (nSPS) is 16.5. The van der Waals surface area contributed by atoms with Gasteiger partial charge in [0.05, 0.1) is 26.4 Å². The second kappa shape index (κ2) is 13.4. The first kappa shape index (κ1) is 22.5. The zero-order valence-corrected chi connectivity index (χ0v) is 18.8. The molecule has 27 heavy (non-hydrogen) atoms. The Balaban J connectivity index is 0.000000159. The Hall–Kier alpha value is -0.770. The van der Waals surface area contributed by atoms with Gasteiger partial charge in [-0.25, -0.2) is 9.97 Å². The number of pyridine rings is 2. The average molecular weight is 523 g/mol. The molecular weight excluding hydrogens is 499 g/mol. The van der Waals surface area contributed by atoms with Crippen LogP contribution >= 0.6 is 43.5 Å². The van der Waals surface area contributed by atoms with Crippen molar-refractivity contribution >= 4 is 49.3 Å². The van der Waals surface area contributed by atoms with Crippen molar-refractivity contribution in [3.63, 3.8) is 0 Å². The SMILES string of the molecule is Brc1ccc(N2CCOCC2)nc1.C1COCCN1.Clc1ccc(Br)cn1. The van der Waals surface area contributed by atoms with E-state index in [0.29, 0.717) is 5.15 Å². The van der Waals surface area contributed by atoms with Gasteiger partial charge in [0.2, 0.25) is 0 Å². The Labute approximate surface area is 181 Å². The van der Waals surface area contributed by atoms with E-state index in [1.807, 2.05) is 24.4 Å². The van der Waals surface area contributed by atoms with Gasteiger partial charge in [-0.1, -0.05) is 11.6 Å². The molecule has 2 aromatic heterocycles. The van der Waals surface area contributed by atoms with Gasteiger partial charge >= 0.3 is 0 Å². The van der Waals surface area contributed by atoms with E-state index in [4.69, 9.17) is 21.1 Å². The number of ether oxygens (including phenoxy) is 2. The minimum absolute atomic E-state index is 0.521. The first-order valence-electron chi connectivity index (χ1n) is 8.65. The molecule has 0 atom stereocenters. The molecule has 2 fully saturated rings. The van der Waals surface area contributed by atoms with Crippen molar-refractivity contribution in [2.75, 3.05) is 57.5 Å². The Bertz CT molecular complexity index is 604. The van der Waals surface area contributed by atoms with E-state index in [2.05, 4.69) is 52.0 Å². The third kappa shape index (κ3) is 9.82. The fourth-order valence-corrected chi connectivity index (χ4v) is 2.80. The fourth-order valence-electron chi connectivity index (χ4n) is 2.22. The van der Waals surface area contributed by atoms with E-state index in [0.717, 1.165) is 67.4 Å². The predicted molar refractivity (Wildman–Crippen MR) is 116 cm³/mol. The summed E-state index contributed by atoms with van der Waals surface area (Å²) >= 11 is 12.1. The van der Waals surface area contributed by atoms with E-state index in [-0.39, 0.29) is 0 Å². The van der Waals surface area contributed by atoms with E-state index < -0.39 is 0 Å². The van der Waals surface area contributed by atoms with E-state index in [1.54, 1.807) is 12.3 Å². The largest absolute Gasteiger partial charge is 0.379 e. The van der Waals surface area contributed by atoms with Crippen LogP contribution in [0.15, 0.2) is 45.6 Å². The molecule has 4 rings (SSSR count). The molecule has 0 aliphatic carbocycles. The molecule has 1 N–H and O–H groups in total. The molecule has 0 aromatic carbocycles. The van der Waals surface area contributed by atoms with E-state index >= 15 is 0 Å². The van der Waals surface area contributed by atoms with Crippen molar-refractivity contribution < 1.29 is 9.47 Å². The molecule has 0 unspecified atom stereocenters. The molecule has 0 amide bonds. The fraction of sp³-hybridized carbons (Fsp3) is 0.444. The number of hydrogen-bond donors (Lipinski definition) is 1. The lowest BCUT2D eigenvalue weighted by atomic mass is 10.4. The Morgan fingerprint density at radius 3 is 1.85 bits per heavy atom. The third-order valence-corrected chi connectivity index (χ3v) is 4.75. The van der Waals surface area contributed by atoms with Crippen LogP contribution in [-0.4, -0.2) is 62.6 Å². The van der Waals surface area contributed by atoms with Gasteiger partial charge in [0.25, 0.3) is 0 Å². The highest BCUT2D eigenvalue weighted by molar-refractivity contribution is 9.10. The molecule has 9 heteroatoms. The lowest BCUT2D eigenvalue weighted by molar-refractivity contribution is 0.109. The van der Waals surface area contributed by atoms with Crippen LogP contribution in [0.4, 0.5) is 5.82 Å². The summed E-state index contributed by atoms with van der Waals surface area (Å²) < 4.78 is 12.2. The molecule has 2 aliphatic heterocycles. The van der Waals surface area contributed by atoms with Crippen molar-refractivity contribution in [3.05, 3.63) is 50.8 Å². The first-order valence-corrected chi connectivity index (χ1v) is 10.6. The topological polar surface area (TPSA) is 59.5 Å². The highest BCUT2D eigenvalue weighted by atomic mass is 79.9. The summed E-state index contributed by atoms with van der Waals surface area (Å²) in [5, 5.41) is 3.68. The summed E-state index contributed by atoms with van der Waals surface area (Å²) in [5.41, 5.74) is 0. The highest BCUT2D eigenvalue weighted by Crippen LogP contribution is 2.15. The van der Waals surface area contributed by atoms with Gasteiger partial charge < -0.3 is 19.7 Å². The van der Waals surface area contributed by atoms with Crippen molar-refractivity contribution in [1.82, 2.24) is 15.3 Å². The summed E-state index contributed by atoms with van der Waals surface area (Å²) in [7, 11) is 0. The maximum absolute atomic E-state index is 5.48. The molecule has 0 bridgehead atoms. The average Bonchev–Trinajstić information content (AvgIpc) is 2.74. The summed E-state index contributed by atoms with van der Waals surface area (Å²) in [4.78, 5) is 10.4. The zero-order valence-electron chi connectivity index (χ0n) is 14.9. The van der Waals surface area contributed by atoms with E-state index in [1.165, 1.54) is 0 Å². The monoisotopic (exact) mass is 520 g/mol. The van der Waals surface area contributed by atoms with Gasteiger partial charge in [-0.15, -0.1) is 0 Å². The maximum atomic E-state index is 5.48. The Morgan fingerprint density at radius 2 is 1.44 bits per heavy atom. The molecule has 2 aromatic rings. The molecule has 2 saturated heterocycles. The minimum Gasteiger partial charge on any atom is -0.379 e. The van der Waals surface area contributed by atoms with Gasteiger partial charge in [0.1, 0.15) is 11.0 Å². The number of hydrogen-bond acceptors (Lipinski definition) is 6. The van der Waals surface area contributed by atoms with Gasteiger partial charge in [0.15, 0.2) is 0 Å².